The summed E-state index contributed by atoms with van der Waals surface area (Å²) in [6, 6.07) is 13.7. The van der Waals surface area contributed by atoms with Gasteiger partial charge in [-0.2, -0.15) is 5.26 Å². The van der Waals surface area contributed by atoms with Gasteiger partial charge < -0.3 is 9.52 Å². The van der Waals surface area contributed by atoms with Gasteiger partial charge in [0, 0.05) is 0 Å². The molecular weight excluding hydrogens is 238 g/mol. The van der Waals surface area contributed by atoms with Crippen LogP contribution in [-0.2, 0) is 11.8 Å². The number of fused-ring (bicyclic) bond motifs is 1. The molecule has 0 amide bonds. The molecule has 0 spiro atoms. The van der Waals surface area contributed by atoms with Gasteiger partial charge in [-0.1, -0.05) is 24.3 Å². The van der Waals surface area contributed by atoms with E-state index >= 15 is 0 Å². The van der Waals surface area contributed by atoms with Gasteiger partial charge in [0.2, 0.25) is 0 Å². The third-order valence-corrected chi connectivity index (χ3v) is 3.98. The van der Waals surface area contributed by atoms with E-state index in [1.165, 1.54) is 0 Å². The summed E-state index contributed by atoms with van der Waals surface area (Å²) in [4.78, 5) is 0. The second-order valence-corrected chi connectivity index (χ2v) is 5.09. The number of aryl methyl sites for hydroxylation is 2. The molecule has 2 aromatic rings. The summed E-state index contributed by atoms with van der Waals surface area (Å²) in [5, 5.41) is 20.3. The molecule has 0 saturated heterocycles. The minimum Gasteiger partial charge on any atom is -0.464 e. The molecule has 0 bridgehead atoms. The zero-order valence-corrected chi connectivity index (χ0v) is 10.8. The van der Waals surface area contributed by atoms with Gasteiger partial charge >= 0.3 is 0 Å². The fourth-order valence-electron chi connectivity index (χ4n) is 2.94. The van der Waals surface area contributed by atoms with Gasteiger partial charge in [-0.3, -0.25) is 0 Å². The van der Waals surface area contributed by atoms with Crippen molar-refractivity contribution in [1.82, 2.24) is 0 Å². The Bertz CT molecular complexity index is 653. The zero-order chi connectivity index (χ0) is 13.5. The van der Waals surface area contributed by atoms with E-state index in [2.05, 4.69) is 6.07 Å². The van der Waals surface area contributed by atoms with E-state index in [1.54, 1.807) is 6.07 Å². The largest absolute Gasteiger partial charge is 0.464 e. The highest BCUT2D eigenvalue weighted by Gasteiger charge is 2.46. The maximum Gasteiger partial charge on any atom is 0.134 e. The average molecular weight is 253 g/mol. The molecule has 0 fully saturated rings. The van der Waals surface area contributed by atoms with Gasteiger partial charge in [-0.15, -0.1) is 0 Å². The molecule has 0 saturated carbocycles. The number of furan rings is 1. The average Bonchev–Trinajstić information content (AvgIpc) is 3.02. The molecule has 2 unspecified atom stereocenters. The van der Waals surface area contributed by atoms with Gasteiger partial charge in [-0.05, 0) is 43.0 Å². The number of hydrogen-bond donors (Lipinski definition) is 1. The van der Waals surface area contributed by atoms with Gasteiger partial charge in [0.25, 0.3) is 0 Å². The topological polar surface area (TPSA) is 57.2 Å². The van der Waals surface area contributed by atoms with Crippen LogP contribution in [0, 0.1) is 18.3 Å². The number of nitriles is 1. The number of aliphatic hydroxyl groups is 1. The lowest BCUT2D eigenvalue weighted by Crippen LogP contribution is -2.29. The summed E-state index contributed by atoms with van der Waals surface area (Å²) >= 11 is 0. The van der Waals surface area contributed by atoms with Crippen molar-refractivity contribution in [2.24, 2.45) is 0 Å². The summed E-state index contributed by atoms with van der Waals surface area (Å²) in [7, 11) is 0. The SMILES string of the molecule is Cc1ccc(C(O)C2(C#N)CCc3ccccc32)o1. The molecule has 19 heavy (non-hydrogen) atoms. The Morgan fingerprint density at radius 2 is 2.11 bits per heavy atom. The van der Waals surface area contributed by atoms with E-state index in [-0.39, 0.29) is 0 Å². The third kappa shape index (κ3) is 1.68. The Morgan fingerprint density at radius 3 is 2.79 bits per heavy atom. The number of rotatable bonds is 2. The lowest BCUT2D eigenvalue weighted by molar-refractivity contribution is 0.0871. The van der Waals surface area contributed by atoms with Crippen molar-refractivity contribution in [3.05, 3.63) is 59.0 Å². The number of aliphatic hydroxyl groups excluding tert-OH is 1. The van der Waals surface area contributed by atoms with Crippen LogP contribution >= 0.6 is 0 Å². The lowest BCUT2D eigenvalue weighted by Gasteiger charge is -2.26. The van der Waals surface area contributed by atoms with E-state index < -0.39 is 11.5 Å². The van der Waals surface area contributed by atoms with Gasteiger partial charge in [0.15, 0.2) is 0 Å². The molecule has 3 heteroatoms. The van der Waals surface area contributed by atoms with Crippen LogP contribution in [-0.4, -0.2) is 5.11 Å². The first kappa shape index (κ1) is 12.0. The predicted molar refractivity (Wildman–Crippen MR) is 70.5 cm³/mol. The van der Waals surface area contributed by atoms with Crippen molar-refractivity contribution in [3.63, 3.8) is 0 Å². The van der Waals surface area contributed by atoms with Crippen LogP contribution < -0.4 is 0 Å². The van der Waals surface area contributed by atoms with Crippen molar-refractivity contribution in [1.29, 1.82) is 5.26 Å². The van der Waals surface area contributed by atoms with Crippen LogP contribution in [0.5, 0.6) is 0 Å². The Labute approximate surface area is 112 Å². The van der Waals surface area contributed by atoms with Crippen molar-refractivity contribution >= 4 is 0 Å². The molecule has 1 heterocycles. The second kappa shape index (κ2) is 4.25. The Hall–Kier alpha value is -2.05. The molecule has 0 radical (unpaired) electrons. The Morgan fingerprint density at radius 1 is 1.32 bits per heavy atom. The van der Waals surface area contributed by atoms with E-state index in [0.717, 1.165) is 23.3 Å². The molecule has 3 rings (SSSR count). The minimum atomic E-state index is -0.921. The number of nitrogens with zero attached hydrogens (tertiary/aromatic N) is 1. The van der Waals surface area contributed by atoms with E-state index in [1.807, 2.05) is 37.3 Å². The zero-order valence-electron chi connectivity index (χ0n) is 10.8. The number of benzene rings is 1. The van der Waals surface area contributed by atoms with Gasteiger partial charge in [-0.25, -0.2) is 0 Å². The molecule has 1 aromatic heterocycles. The van der Waals surface area contributed by atoms with E-state index in [9.17, 15) is 10.4 Å². The molecule has 1 aliphatic carbocycles. The Kier molecular flexibility index (Phi) is 2.69. The first-order valence-corrected chi connectivity index (χ1v) is 6.41. The highest BCUT2D eigenvalue weighted by molar-refractivity contribution is 5.46. The summed E-state index contributed by atoms with van der Waals surface area (Å²) in [5.41, 5.74) is 1.19. The minimum absolute atomic E-state index is 0.468. The van der Waals surface area contributed by atoms with Crippen LogP contribution in [0.2, 0.25) is 0 Å². The molecule has 2 atom stereocenters. The van der Waals surface area contributed by atoms with Crippen LogP contribution in [0.25, 0.3) is 0 Å². The standard InChI is InChI=1S/C16H15NO2/c1-11-6-7-14(19-11)15(18)16(10-17)9-8-12-4-2-3-5-13(12)16/h2-7,15,18H,8-9H2,1H3. The first-order valence-electron chi connectivity index (χ1n) is 6.41. The maximum atomic E-state index is 10.6. The van der Waals surface area contributed by atoms with E-state index in [0.29, 0.717) is 12.2 Å². The van der Waals surface area contributed by atoms with Crippen molar-refractivity contribution < 1.29 is 9.52 Å². The molecular formula is C16H15NO2. The smallest absolute Gasteiger partial charge is 0.134 e. The monoisotopic (exact) mass is 253 g/mol. The molecule has 1 aromatic carbocycles. The summed E-state index contributed by atoms with van der Waals surface area (Å²) in [6.07, 6.45) is 0.527. The predicted octanol–water partition coefficient (Wildman–Crippen LogP) is 3.03. The Balaban J connectivity index is 2.09. The van der Waals surface area contributed by atoms with Crippen LogP contribution in [0.3, 0.4) is 0 Å². The summed E-state index contributed by atoms with van der Waals surface area (Å²) in [5.74, 6) is 1.21. The van der Waals surface area contributed by atoms with Crippen molar-refractivity contribution in [2.75, 3.05) is 0 Å². The van der Waals surface area contributed by atoms with Crippen molar-refractivity contribution in [2.45, 2.75) is 31.3 Å². The first-order chi connectivity index (χ1) is 9.17. The molecule has 96 valence electrons. The summed E-state index contributed by atoms with van der Waals surface area (Å²) < 4.78 is 5.50. The van der Waals surface area contributed by atoms with Crippen LogP contribution in [0.4, 0.5) is 0 Å². The highest BCUT2D eigenvalue weighted by atomic mass is 16.4. The maximum absolute atomic E-state index is 10.6. The van der Waals surface area contributed by atoms with Crippen LogP contribution in [0.1, 0.15) is 35.2 Å². The normalized spacial score (nSPS) is 22.8. The fourth-order valence-corrected chi connectivity index (χ4v) is 2.94. The number of hydrogen-bond acceptors (Lipinski definition) is 3. The van der Waals surface area contributed by atoms with Crippen molar-refractivity contribution in [3.8, 4) is 6.07 Å². The van der Waals surface area contributed by atoms with Crippen LogP contribution in [0.15, 0.2) is 40.8 Å². The molecule has 1 N–H and O–H groups in total. The fraction of sp³-hybridized carbons (Fsp3) is 0.312. The van der Waals surface area contributed by atoms with Gasteiger partial charge in [0.05, 0.1) is 6.07 Å². The quantitative estimate of drug-likeness (QED) is 0.895. The molecule has 1 aliphatic rings. The highest BCUT2D eigenvalue weighted by Crippen LogP contribution is 2.47. The van der Waals surface area contributed by atoms with E-state index in [4.69, 9.17) is 4.42 Å². The third-order valence-electron chi connectivity index (χ3n) is 3.98. The lowest BCUT2D eigenvalue weighted by atomic mass is 9.77. The summed E-state index contributed by atoms with van der Waals surface area (Å²) in [6.45, 7) is 1.83. The molecule has 0 aliphatic heterocycles. The van der Waals surface area contributed by atoms with Gasteiger partial charge in [0.1, 0.15) is 23.0 Å². The second-order valence-electron chi connectivity index (χ2n) is 5.09. The molecule has 3 nitrogen and oxygen atoms in total.